The lowest BCUT2D eigenvalue weighted by atomic mass is 9.95. The predicted octanol–water partition coefficient (Wildman–Crippen LogP) is 6.16. The average molecular weight is 632 g/mol. The lowest BCUT2D eigenvalue weighted by Crippen LogP contribution is -2.28. The molecular weight excluding hydrogens is 600 g/mol. The van der Waals surface area contributed by atoms with Crippen LogP contribution in [0.5, 0.6) is 11.5 Å². The number of benzene rings is 2. The molecule has 9 heteroatoms. The minimum atomic E-state index is -0.710. The zero-order valence-corrected chi connectivity index (χ0v) is 24.0. The molecule has 0 bridgehead atoms. The molecule has 6 nitrogen and oxygen atoms in total. The number of carbonyl (C=O) groups is 2. The van der Waals surface area contributed by atoms with Crippen LogP contribution in [-0.4, -0.2) is 43.2 Å². The van der Waals surface area contributed by atoms with Gasteiger partial charge in [0, 0.05) is 12.5 Å². The van der Waals surface area contributed by atoms with Gasteiger partial charge in [-0.3, -0.25) is 4.79 Å². The fourth-order valence-corrected chi connectivity index (χ4v) is 3.97. The molecule has 0 amide bonds. The summed E-state index contributed by atoms with van der Waals surface area (Å²) in [5.74, 6) is -0.720. The number of methoxy groups -OCH3 is 2. The molecule has 0 spiro atoms. The van der Waals surface area contributed by atoms with Crippen LogP contribution >= 0.6 is 34.2 Å². The zero-order valence-electron chi connectivity index (χ0n) is 21.1. The van der Waals surface area contributed by atoms with Crippen molar-refractivity contribution in [2.24, 2.45) is 5.92 Å². The summed E-state index contributed by atoms with van der Waals surface area (Å²) in [7, 11) is 2.90. The predicted molar refractivity (Wildman–Crippen MR) is 148 cm³/mol. The lowest BCUT2D eigenvalue weighted by molar-refractivity contribution is -0.138. The molecule has 196 valence electrons. The van der Waals surface area contributed by atoms with E-state index in [-0.39, 0.29) is 39.0 Å². The number of alkyl halides is 1. The van der Waals surface area contributed by atoms with Crippen molar-refractivity contribution < 1.29 is 28.2 Å². The molecular formula is C27H32ClFINO5. The van der Waals surface area contributed by atoms with Crippen molar-refractivity contribution in [1.82, 2.24) is 5.32 Å². The van der Waals surface area contributed by atoms with E-state index in [9.17, 15) is 14.0 Å². The van der Waals surface area contributed by atoms with Gasteiger partial charge < -0.3 is 19.5 Å². The van der Waals surface area contributed by atoms with Crippen molar-refractivity contribution in [3.8, 4) is 11.5 Å². The molecule has 2 rings (SSSR count). The molecule has 0 unspecified atom stereocenters. The van der Waals surface area contributed by atoms with Crippen LogP contribution in [0.15, 0.2) is 42.0 Å². The Kier molecular flexibility index (Phi) is 12.1. The van der Waals surface area contributed by atoms with Crippen LogP contribution in [-0.2, 0) is 16.0 Å². The van der Waals surface area contributed by atoms with E-state index in [2.05, 4.69) is 41.8 Å². The van der Waals surface area contributed by atoms with E-state index in [0.717, 1.165) is 0 Å². The van der Waals surface area contributed by atoms with E-state index in [4.69, 9.17) is 25.8 Å². The Balaban J connectivity index is 2.46. The molecule has 0 saturated carbocycles. The second-order valence-corrected chi connectivity index (χ2v) is 10.1. The second-order valence-electron chi connectivity index (χ2n) is 8.31. The van der Waals surface area contributed by atoms with E-state index in [1.165, 1.54) is 20.3 Å². The van der Waals surface area contributed by atoms with E-state index < -0.39 is 17.6 Å². The first-order valence-electron chi connectivity index (χ1n) is 11.6. The van der Waals surface area contributed by atoms with Gasteiger partial charge in [-0.15, -0.1) is 0 Å². The third kappa shape index (κ3) is 7.91. The fourth-order valence-electron chi connectivity index (χ4n) is 3.47. The van der Waals surface area contributed by atoms with E-state index >= 15 is 0 Å². The fraction of sp³-hybridized carbons (Fsp3) is 0.407. The lowest BCUT2D eigenvalue weighted by Gasteiger charge is -2.16. The number of hydrogen-bond acceptors (Lipinski definition) is 6. The average Bonchev–Trinajstić information content (AvgIpc) is 2.85. The number of hydrogen-bond donors (Lipinski definition) is 1. The molecule has 0 aromatic heterocycles. The van der Waals surface area contributed by atoms with Gasteiger partial charge in [-0.05, 0) is 49.1 Å². The van der Waals surface area contributed by atoms with Crippen molar-refractivity contribution in [1.29, 1.82) is 0 Å². The second kappa shape index (κ2) is 14.5. The quantitative estimate of drug-likeness (QED) is 0.0329. The Bertz CT molecular complexity index is 1110. The number of Topliss-reactive ketones (excluding diaryl/α,β-unsaturated/α-hetero) is 1. The van der Waals surface area contributed by atoms with E-state index in [1.807, 2.05) is 0 Å². The maximum atomic E-state index is 14.6. The van der Waals surface area contributed by atoms with Gasteiger partial charge in [0.25, 0.3) is 0 Å². The summed E-state index contributed by atoms with van der Waals surface area (Å²) in [6.45, 7) is 6.61. The van der Waals surface area contributed by atoms with Crippen molar-refractivity contribution in [3.05, 3.63) is 69.5 Å². The number of ketones is 1. The number of ether oxygens (including phenoxy) is 3. The Morgan fingerprint density at radius 1 is 1.14 bits per heavy atom. The van der Waals surface area contributed by atoms with Crippen molar-refractivity contribution in [2.45, 2.75) is 37.7 Å². The summed E-state index contributed by atoms with van der Waals surface area (Å²) in [6.07, 6.45) is 2.15. The Morgan fingerprint density at radius 2 is 1.83 bits per heavy atom. The Morgan fingerprint density at radius 3 is 2.44 bits per heavy atom. The number of nitrogens with one attached hydrogen (secondary N) is 1. The summed E-state index contributed by atoms with van der Waals surface area (Å²) < 4.78 is 30.9. The van der Waals surface area contributed by atoms with Gasteiger partial charge >= 0.3 is 5.97 Å². The maximum absolute atomic E-state index is 14.6. The third-order valence-electron chi connectivity index (χ3n) is 5.42. The molecule has 1 N–H and O–H groups in total. The molecule has 0 aliphatic carbocycles. The number of rotatable bonds is 13. The van der Waals surface area contributed by atoms with Crippen LogP contribution in [0.2, 0.25) is 5.02 Å². The van der Waals surface area contributed by atoms with Gasteiger partial charge in [-0.1, -0.05) is 66.2 Å². The first-order chi connectivity index (χ1) is 17.1. The minimum Gasteiger partial charge on any atom is -0.496 e. The highest BCUT2D eigenvalue weighted by Crippen LogP contribution is 2.33. The van der Waals surface area contributed by atoms with Gasteiger partial charge in [0.05, 0.1) is 35.5 Å². The highest BCUT2D eigenvalue weighted by Gasteiger charge is 2.26. The van der Waals surface area contributed by atoms with Crippen LogP contribution in [0.4, 0.5) is 4.39 Å². The minimum absolute atomic E-state index is 0.00336. The monoisotopic (exact) mass is 631 g/mol. The van der Waals surface area contributed by atoms with E-state index in [1.54, 1.807) is 37.3 Å². The molecule has 0 saturated heterocycles. The van der Waals surface area contributed by atoms with Crippen LogP contribution in [0, 0.1) is 11.7 Å². The SMILES string of the molecule is CCOC(=O)/C(=C\CCN[C@H](I)C(C)C)C(=O)c1cc(Cc2cccc(Cl)c2F)c(OC)cc1OC. The standard InChI is InChI=1S/C27H32ClFINO5/c1-6-36-27(33)19(10-8-12-31-26(30)16(2)3)25(32)20-14-18(22(34-4)15-23(20)35-5)13-17-9-7-11-21(28)24(17)29/h7,9-11,14-16,26,31H,6,8,12-13H2,1-5H3/b19-10-/t26-/m0/s1. The molecule has 0 aliphatic rings. The van der Waals surface area contributed by atoms with Crippen molar-refractivity contribution in [2.75, 3.05) is 27.4 Å². The van der Waals surface area contributed by atoms with Gasteiger partial charge in [-0.2, -0.15) is 0 Å². The molecule has 0 heterocycles. The summed E-state index contributed by atoms with van der Waals surface area (Å²) in [5.41, 5.74) is 0.945. The smallest absolute Gasteiger partial charge is 0.341 e. The highest BCUT2D eigenvalue weighted by atomic mass is 127. The molecule has 36 heavy (non-hydrogen) atoms. The van der Waals surface area contributed by atoms with Gasteiger partial charge in [0.15, 0.2) is 0 Å². The molecule has 0 radical (unpaired) electrons. The topological polar surface area (TPSA) is 73.9 Å². The Hall–Kier alpha value is -2.17. The molecule has 2 aromatic rings. The normalized spacial score (nSPS) is 12.4. The summed E-state index contributed by atoms with van der Waals surface area (Å²) >= 11 is 8.26. The number of esters is 1. The van der Waals surface area contributed by atoms with Gasteiger partial charge in [0.1, 0.15) is 22.9 Å². The van der Waals surface area contributed by atoms with Crippen LogP contribution < -0.4 is 14.8 Å². The van der Waals surface area contributed by atoms with Crippen molar-refractivity contribution in [3.63, 3.8) is 0 Å². The number of carbonyl (C=O) groups excluding carboxylic acids is 2. The molecule has 2 aromatic carbocycles. The van der Waals surface area contributed by atoms with Crippen molar-refractivity contribution >= 4 is 45.9 Å². The molecule has 0 fully saturated rings. The summed E-state index contributed by atoms with van der Waals surface area (Å²) in [6, 6.07) is 7.84. The highest BCUT2D eigenvalue weighted by molar-refractivity contribution is 14.1. The zero-order chi connectivity index (χ0) is 26.8. The summed E-state index contributed by atoms with van der Waals surface area (Å²) in [5, 5.41) is 3.37. The van der Waals surface area contributed by atoms with E-state index in [0.29, 0.717) is 35.8 Å². The van der Waals surface area contributed by atoms with Gasteiger partial charge in [0.2, 0.25) is 5.78 Å². The Labute approximate surface area is 230 Å². The van der Waals surface area contributed by atoms with Crippen LogP contribution in [0.3, 0.4) is 0 Å². The molecule has 0 aliphatic heterocycles. The first-order valence-corrected chi connectivity index (χ1v) is 13.2. The molecule has 1 atom stereocenters. The van der Waals surface area contributed by atoms with Crippen LogP contribution in [0.25, 0.3) is 0 Å². The maximum Gasteiger partial charge on any atom is 0.341 e. The number of halogens is 3. The third-order valence-corrected chi connectivity index (χ3v) is 7.59. The largest absolute Gasteiger partial charge is 0.496 e. The van der Waals surface area contributed by atoms with Crippen LogP contribution in [0.1, 0.15) is 48.7 Å². The van der Waals surface area contributed by atoms with Gasteiger partial charge in [-0.25, -0.2) is 9.18 Å². The summed E-state index contributed by atoms with van der Waals surface area (Å²) in [4.78, 5) is 26.3. The first kappa shape index (κ1) is 30.1.